The maximum absolute atomic E-state index is 13.1. The monoisotopic (exact) mass is 328 g/mol. The van der Waals surface area contributed by atoms with Gasteiger partial charge in [0.25, 0.3) is 0 Å². The molecular formula is C16H22ClFN2O2. The van der Waals surface area contributed by atoms with Crippen LogP contribution >= 0.6 is 11.6 Å². The molecule has 3 N–H and O–H groups in total. The van der Waals surface area contributed by atoms with E-state index in [1.165, 1.54) is 12.1 Å². The number of carbonyl (C=O) groups is 1. The number of halogens is 2. The molecule has 22 heavy (non-hydrogen) atoms. The second-order valence-electron chi connectivity index (χ2n) is 6.70. The van der Waals surface area contributed by atoms with Crippen molar-refractivity contribution in [3.05, 3.63) is 34.6 Å². The molecule has 1 aliphatic rings. The SMILES string of the molecule is CC(C)(CNC(=O)NCC1(CO)CC1)c1ccc(F)cc1Cl. The molecule has 1 aliphatic carbocycles. The number of nitrogens with one attached hydrogen (secondary N) is 2. The van der Waals surface area contributed by atoms with Gasteiger partial charge < -0.3 is 15.7 Å². The van der Waals surface area contributed by atoms with Gasteiger partial charge in [-0.15, -0.1) is 0 Å². The molecule has 0 bridgehead atoms. The average Bonchev–Trinajstić information content (AvgIpc) is 3.23. The van der Waals surface area contributed by atoms with Crippen LogP contribution in [0.1, 0.15) is 32.3 Å². The molecule has 0 aromatic heterocycles. The highest BCUT2D eigenvalue weighted by molar-refractivity contribution is 6.31. The van der Waals surface area contributed by atoms with Crippen LogP contribution in [0.5, 0.6) is 0 Å². The van der Waals surface area contributed by atoms with Crippen molar-refractivity contribution < 1.29 is 14.3 Å². The van der Waals surface area contributed by atoms with Gasteiger partial charge in [0.05, 0.1) is 6.61 Å². The number of carbonyl (C=O) groups excluding carboxylic acids is 1. The Labute approximate surface area is 135 Å². The Balaban J connectivity index is 1.87. The summed E-state index contributed by atoms with van der Waals surface area (Å²) in [7, 11) is 0. The summed E-state index contributed by atoms with van der Waals surface area (Å²) in [4.78, 5) is 11.9. The molecule has 6 heteroatoms. The van der Waals surface area contributed by atoms with E-state index in [9.17, 15) is 14.3 Å². The first kappa shape index (κ1) is 17.0. The van der Waals surface area contributed by atoms with Crippen LogP contribution in [0.2, 0.25) is 5.02 Å². The maximum atomic E-state index is 13.1. The van der Waals surface area contributed by atoms with Gasteiger partial charge in [-0.25, -0.2) is 9.18 Å². The minimum Gasteiger partial charge on any atom is -0.396 e. The molecule has 0 atom stereocenters. The number of rotatable bonds is 6. The van der Waals surface area contributed by atoms with E-state index in [0.29, 0.717) is 18.1 Å². The van der Waals surface area contributed by atoms with Gasteiger partial charge in [0, 0.05) is 28.9 Å². The Hall–Kier alpha value is -1.33. The lowest BCUT2D eigenvalue weighted by Gasteiger charge is -2.27. The topological polar surface area (TPSA) is 61.4 Å². The van der Waals surface area contributed by atoms with Crippen LogP contribution in [-0.2, 0) is 5.41 Å². The molecule has 0 unspecified atom stereocenters. The zero-order valence-corrected chi connectivity index (χ0v) is 13.6. The van der Waals surface area contributed by atoms with Crippen molar-refractivity contribution in [3.8, 4) is 0 Å². The molecule has 4 nitrogen and oxygen atoms in total. The largest absolute Gasteiger partial charge is 0.396 e. The third kappa shape index (κ3) is 4.11. The lowest BCUT2D eigenvalue weighted by Crippen LogP contribution is -2.44. The van der Waals surface area contributed by atoms with Crippen molar-refractivity contribution in [1.82, 2.24) is 10.6 Å². The first-order chi connectivity index (χ1) is 10.3. The number of benzene rings is 1. The molecule has 1 saturated carbocycles. The van der Waals surface area contributed by atoms with Gasteiger partial charge in [0.2, 0.25) is 0 Å². The Bertz CT molecular complexity index is 559. The van der Waals surface area contributed by atoms with Gasteiger partial charge in [-0.1, -0.05) is 31.5 Å². The summed E-state index contributed by atoms with van der Waals surface area (Å²) in [5.74, 6) is -0.381. The fourth-order valence-electron chi connectivity index (χ4n) is 2.33. The van der Waals surface area contributed by atoms with Crippen LogP contribution in [0.15, 0.2) is 18.2 Å². The maximum Gasteiger partial charge on any atom is 0.314 e. The Morgan fingerprint density at radius 2 is 2.09 bits per heavy atom. The van der Waals surface area contributed by atoms with E-state index < -0.39 is 5.41 Å². The molecule has 1 fully saturated rings. The third-order valence-corrected chi connectivity index (χ3v) is 4.58. The first-order valence-corrected chi connectivity index (χ1v) is 7.74. The minimum atomic E-state index is -0.420. The fraction of sp³-hybridized carbons (Fsp3) is 0.562. The van der Waals surface area contributed by atoms with Gasteiger partial charge in [0.15, 0.2) is 0 Å². The van der Waals surface area contributed by atoms with Crippen molar-refractivity contribution in [2.75, 3.05) is 19.7 Å². The summed E-state index contributed by atoms with van der Waals surface area (Å²) in [6.45, 7) is 4.82. The fourth-order valence-corrected chi connectivity index (χ4v) is 2.76. The van der Waals surface area contributed by atoms with Crippen LogP contribution < -0.4 is 10.6 Å². The van der Waals surface area contributed by atoms with Crippen molar-refractivity contribution in [2.45, 2.75) is 32.1 Å². The van der Waals surface area contributed by atoms with E-state index in [2.05, 4.69) is 10.6 Å². The van der Waals surface area contributed by atoms with Crippen LogP contribution in [-0.4, -0.2) is 30.8 Å². The van der Waals surface area contributed by atoms with E-state index >= 15 is 0 Å². The third-order valence-electron chi connectivity index (χ3n) is 4.27. The first-order valence-electron chi connectivity index (χ1n) is 7.36. The van der Waals surface area contributed by atoms with Gasteiger partial charge in [-0.2, -0.15) is 0 Å². The molecule has 122 valence electrons. The molecule has 1 aromatic carbocycles. The second kappa shape index (κ2) is 6.42. The van der Waals surface area contributed by atoms with Crippen LogP contribution in [0.4, 0.5) is 9.18 Å². The molecule has 0 spiro atoms. The van der Waals surface area contributed by atoms with Crippen molar-refractivity contribution in [2.24, 2.45) is 5.41 Å². The van der Waals surface area contributed by atoms with E-state index in [1.807, 2.05) is 13.8 Å². The number of hydrogen-bond donors (Lipinski definition) is 3. The van der Waals surface area contributed by atoms with Crippen molar-refractivity contribution in [1.29, 1.82) is 0 Å². The number of urea groups is 1. The smallest absolute Gasteiger partial charge is 0.314 e. The van der Waals surface area contributed by atoms with E-state index in [1.54, 1.807) is 6.07 Å². The lowest BCUT2D eigenvalue weighted by molar-refractivity contribution is 0.202. The predicted octanol–water partition coefficient (Wildman–Crippen LogP) is 2.83. The standard InChI is InChI=1S/C16H22ClFN2O2/c1-15(2,12-4-3-11(18)7-13(12)17)8-19-14(22)20-9-16(10-21)5-6-16/h3-4,7,21H,5-6,8-10H2,1-2H3,(H2,19,20,22). The Morgan fingerprint density at radius 1 is 1.41 bits per heavy atom. The van der Waals surface area contributed by atoms with Gasteiger partial charge in [-0.3, -0.25) is 0 Å². The van der Waals surface area contributed by atoms with Crippen LogP contribution in [0.25, 0.3) is 0 Å². The van der Waals surface area contributed by atoms with Gasteiger partial charge >= 0.3 is 6.03 Å². The van der Waals surface area contributed by atoms with Gasteiger partial charge in [-0.05, 0) is 30.5 Å². The summed E-state index contributed by atoms with van der Waals surface area (Å²) in [6.07, 6.45) is 1.89. The molecule has 0 heterocycles. The molecule has 2 amide bonds. The quantitative estimate of drug-likeness (QED) is 0.752. The highest BCUT2D eigenvalue weighted by Gasteiger charge is 2.42. The summed E-state index contributed by atoms with van der Waals surface area (Å²) in [6, 6.07) is 4.01. The molecular weight excluding hydrogens is 307 g/mol. The highest BCUT2D eigenvalue weighted by Crippen LogP contribution is 2.44. The van der Waals surface area contributed by atoms with Gasteiger partial charge in [0.1, 0.15) is 5.82 Å². The lowest BCUT2D eigenvalue weighted by atomic mass is 9.84. The Morgan fingerprint density at radius 3 is 2.64 bits per heavy atom. The van der Waals surface area contributed by atoms with Crippen molar-refractivity contribution in [3.63, 3.8) is 0 Å². The average molecular weight is 329 g/mol. The molecule has 1 aromatic rings. The second-order valence-corrected chi connectivity index (χ2v) is 7.11. The summed E-state index contributed by atoms with van der Waals surface area (Å²) < 4.78 is 13.1. The highest BCUT2D eigenvalue weighted by atomic mass is 35.5. The number of aliphatic hydroxyl groups is 1. The summed E-state index contributed by atoms with van der Waals surface area (Å²) in [5, 5.41) is 15.1. The zero-order chi connectivity index (χ0) is 16.4. The molecule has 2 rings (SSSR count). The summed E-state index contributed by atoms with van der Waals surface area (Å²) in [5.41, 5.74) is 0.244. The van der Waals surface area contributed by atoms with Crippen LogP contribution in [0, 0.1) is 11.2 Å². The number of amides is 2. The molecule has 0 aliphatic heterocycles. The van der Waals surface area contributed by atoms with E-state index in [0.717, 1.165) is 18.4 Å². The predicted molar refractivity (Wildman–Crippen MR) is 84.6 cm³/mol. The normalized spacial score (nSPS) is 16.2. The number of aliphatic hydroxyl groups excluding tert-OH is 1. The minimum absolute atomic E-state index is 0.101. The van der Waals surface area contributed by atoms with E-state index in [-0.39, 0.29) is 23.9 Å². The molecule has 0 saturated heterocycles. The molecule has 0 radical (unpaired) electrons. The van der Waals surface area contributed by atoms with Crippen molar-refractivity contribution >= 4 is 17.6 Å². The number of hydrogen-bond acceptors (Lipinski definition) is 2. The van der Waals surface area contributed by atoms with E-state index in [4.69, 9.17) is 11.6 Å². The van der Waals surface area contributed by atoms with Crippen LogP contribution in [0.3, 0.4) is 0 Å². The zero-order valence-electron chi connectivity index (χ0n) is 12.9. The Kier molecular flexibility index (Phi) is 4.97. The summed E-state index contributed by atoms with van der Waals surface area (Å²) >= 11 is 6.08.